The van der Waals surface area contributed by atoms with Crippen molar-refractivity contribution in [3.8, 4) is 5.75 Å². The number of benzene rings is 2. The van der Waals surface area contributed by atoms with Crippen molar-refractivity contribution in [1.82, 2.24) is 5.32 Å². The molecule has 0 bridgehead atoms. The minimum atomic E-state index is -0.118. The number of methoxy groups -OCH3 is 1. The first-order chi connectivity index (χ1) is 12.6. The van der Waals surface area contributed by atoms with Crippen molar-refractivity contribution in [2.24, 2.45) is 11.8 Å². The Morgan fingerprint density at radius 2 is 1.73 bits per heavy atom. The van der Waals surface area contributed by atoms with Crippen LogP contribution in [0.3, 0.4) is 0 Å². The molecule has 1 saturated carbocycles. The highest BCUT2D eigenvalue weighted by molar-refractivity contribution is 5.96. The molecule has 1 fully saturated rings. The Morgan fingerprint density at radius 3 is 2.31 bits per heavy atom. The summed E-state index contributed by atoms with van der Waals surface area (Å²) in [6.45, 7) is 2.63. The van der Waals surface area contributed by atoms with Gasteiger partial charge in [-0.2, -0.15) is 0 Å². The maximum Gasteiger partial charge on any atom is 0.251 e. The topological polar surface area (TPSA) is 67.4 Å². The van der Waals surface area contributed by atoms with Crippen molar-refractivity contribution < 1.29 is 14.3 Å². The van der Waals surface area contributed by atoms with Crippen molar-refractivity contribution in [3.63, 3.8) is 0 Å². The number of hydrogen-bond acceptors (Lipinski definition) is 3. The van der Waals surface area contributed by atoms with E-state index in [1.165, 1.54) is 0 Å². The van der Waals surface area contributed by atoms with Gasteiger partial charge in [-0.15, -0.1) is 0 Å². The molecular weight excluding hydrogens is 328 g/mol. The summed E-state index contributed by atoms with van der Waals surface area (Å²) in [5.74, 6) is 1.38. The Labute approximate surface area is 153 Å². The second kappa shape index (κ2) is 8.04. The SMILES string of the molecule is COc1ccc(CCNC(=O)c2ccc(NC(=O)[C@H]3C[C@@H]3C)cc2)cc1. The lowest BCUT2D eigenvalue weighted by Gasteiger charge is -2.08. The Bertz CT molecular complexity index is 769. The molecule has 5 heteroatoms. The molecule has 2 N–H and O–H groups in total. The van der Waals surface area contributed by atoms with E-state index in [4.69, 9.17) is 4.74 Å². The standard InChI is InChI=1S/C21H24N2O3/c1-14-13-19(14)21(25)23-17-7-5-16(6-8-17)20(24)22-12-11-15-3-9-18(26-2)10-4-15/h3-10,14,19H,11-13H2,1-2H3,(H,22,24)(H,23,25)/t14-,19-/m0/s1. The molecule has 1 aliphatic rings. The van der Waals surface area contributed by atoms with E-state index in [9.17, 15) is 9.59 Å². The minimum Gasteiger partial charge on any atom is -0.497 e. The number of carbonyl (C=O) groups is 2. The monoisotopic (exact) mass is 352 g/mol. The number of carbonyl (C=O) groups excluding carboxylic acids is 2. The van der Waals surface area contributed by atoms with E-state index in [0.29, 0.717) is 18.0 Å². The summed E-state index contributed by atoms with van der Waals surface area (Å²) in [6, 6.07) is 14.8. The van der Waals surface area contributed by atoms with Crippen LogP contribution in [0.2, 0.25) is 0 Å². The summed E-state index contributed by atoms with van der Waals surface area (Å²) < 4.78 is 5.13. The van der Waals surface area contributed by atoms with Crippen LogP contribution < -0.4 is 15.4 Å². The van der Waals surface area contributed by atoms with Crippen LogP contribution in [0.1, 0.15) is 29.3 Å². The predicted molar refractivity (Wildman–Crippen MR) is 101 cm³/mol. The number of nitrogens with one attached hydrogen (secondary N) is 2. The fourth-order valence-corrected chi connectivity index (χ4v) is 2.84. The van der Waals surface area contributed by atoms with E-state index in [-0.39, 0.29) is 17.7 Å². The second-order valence-electron chi connectivity index (χ2n) is 6.74. The van der Waals surface area contributed by atoms with Gasteiger partial charge in [0.15, 0.2) is 0 Å². The highest BCUT2D eigenvalue weighted by atomic mass is 16.5. The van der Waals surface area contributed by atoms with Gasteiger partial charge >= 0.3 is 0 Å². The zero-order valence-corrected chi connectivity index (χ0v) is 15.1. The molecule has 2 aromatic rings. The Balaban J connectivity index is 1.45. The van der Waals surface area contributed by atoms with Crippen molar-refractivity contribution >= 4 is 17.5 Å². The van der Waals surface area contributed by atoms with Crippen molar-refractivity contribution in [3.05, 3.63) is 59.7 Å². The first kappa shape index (κ1) is 18.0. The van der Waals surface area contributed by atoms with Gasteiger partial charge in [-0.05, 0) is 60.7 Å². The summed E-state index contributed by atoms with van der Waals surface area (Å²) in [6.07, 6.45) is 1.71. The van der Waals surface area contributed by atoms with Gasteiger partial charge in [-0.3, -0.25) is 9.59 Å². The van der Waals surface area contributed by atoms with Gasteiger partial charge in [-0.25, -0.2) is 0 Å². The molecule has 0 aromatic heterocycles. The zero-order chi connectivity index (χ0) is 18.5. The number of ether oxygens (including phenoxy) is 1. The van der Waals surface area contributed by atoms with Crippen LogP contribution in [0.25, 0.3) is 0 Å². The maximum atomic E-state index is 12.2. The molecule has 0 radical (unpaired) electrons. The lowest BCUT2D eigenvalue weighted by atomic mass is 10.1. The minimum absolute atomic E-state index is 0.0641. The van der Waals surface area contributed by atoms with E-state index < -0.39 is 0 Å². The molecule has 0 aliphatic heterocycles. The van der Waals surface area contributed by atoms with E-state index >= 15 is 0 Å². The summed E-state index contributed by atoms with van der Waals surface area (Å²) in [4.78, 5) is 24.1. The second-order valence-corrected chi connectivity index (χ2v) is 6.74. The van der Waals surface area contributed by atoms with Gasteiger partial charge in [0.2, 0.25) is 5.91 Å². The first-order valence-electron chi connectivity index (χ1n) is 8.89. The van der Waals surface area contributed by atoms with E-state index in [1.807, 2.05) is 24.3 Å². The van der Waals surface area contributed by atoms with Gasteiger partial charge in [0, 0.05) is 23.7 Å². The Morgan fingerprint density at radius 1 is 1.08 bits per heavy atom. The van der Waals surface area contributed by atoms with Crippen molar-refractivity contribution in [2.45, 2.75) is 19.8 Å². The number of rotatable bonds is 7. The molecule has 0 saturated heterocycles. The Hall–Kier alpha value is -2.82. The fraction of sp³-hybridized carbons (Fsp3) is 0.333. The molecule has 5 nitrogen and oxygen atoms in total. The molecule has 26 heavy (non-hydrogen) atoms. The van der Waals surface area contributed by atoms with E-state index in [0.717, 1.165) is 29.8 Å². The predicted octanol–water partition coefficient (Wildman–Crippen LogP) is 3.26. The lowest BCUT2D eigenvalue weighted by Crippen LogP contribution is -2.25. The number of anilines is 1. The quantitative estimate of drug-likeness (QED) is 0.804. The van der Waals surface area contributed by atoms with Gasteiger partial charge in [0.25, 0.3) is 5.91 Å². The van der Waals surface area contributed by atoms with Crippen LogP contribution in [0.4, 0.5) is 5.69 Å². The molecule has 2 atom stereocenters. The van der Waals surface area contributed by atoms with Crippen LogP contribution in [0.15, 0.2) is 48.5 Å². The van der Waals surface area contributed by atoms with Crippen LogP contribution in [0, 0.1) is 11.8 Å². The molecule has 1 aliphatic carbocycles. The smallest absolute Gasteiger partial charge is 0.251 e. The van der Waals surface area contributed by atoms with Gasteiger partial charge in [0.1, 0.15) is 5.75 Å². The van der Waals surface area contributed by atoms with Gasteiger partial charge in [0.05, 0.1) is 7.11 Å². The van der Waals surface area contributed by atoms with Crippen LogP contribution in [-0.4, -0.2) is 25.5 Å². The third kappa shape index (κ3) is 4.63. The molecule has 0 unspecified atom stereocenters. The summed E-state index contributed by atoms with van der Waals surface area (Å²) in [5, 5.41) is 5.81. The van der Waals surface area contributed by atoms with E-state index in [2.05, 4.69) is 17.6 Å². The van der Waals surface area contributed by atoms with Crippen molar-refractivity contribution in [2.75, 3.05) is 19.0 Å². The van der Waals surface area contributed by atoms with Crippen molar-refractivity contribution in [1.29, 1.82) is 0 Å². The summed E-state index contributed by atoms with van der Waals surface area (Å²) in [7, 11) is 1.64. The van der Waals surface area contributed by atoms with Crippen LogP contribution in [0.5, 0.6) is 5.75 Å². The van der Waals surface area contributed by atoms with Crippen LogP contribution >= 0.6 is 0 Å². The number of hydrogen-bond donors (Lipinski definition) is 2. The molecule has 0 spiro atoms. The van der Waals surface area contributed by atoms with Gasteiger partial charge < -0.3 is 15.4 Å². The average molecular weight is 352 g/mol. The highest BCUT2D eigenvalue weighted by Gasteiger charge is 2.39. The maximum absolute atomic E-state index is 12.2. The summed E-state index contributed by atoms with van der Waals surface area (Å²) >= 11 is 0. The molecular formula is C21H24N2O3. The molecule has 0 heterocycles. The molecule has 3 rings (SSSR count). The molecule has 2 amide bonds. The third-order valence-corrected chi connectivity index (χ3v) is 4.72. The lowest BCUT2D eigenvalue weighted by molar-refractivity contribution is -0.117. The fourth-order valence-electron chi connectivity index (χ4n) is 2.84. The van der Waals surface area contributed by atoms with Crippen LogP contribution in [-0.2, 0) is 11.2 Å². The zero-order valence-electron chi connectivity index (χ0n) is 15.1. The van der Waals surface area contributed by atoms with E-state index in [1.54, 1.807) is 31.4 Å². The molecule has 136 valence electrons. The first-order valence-corrected chi connectivity index (χ1v) is 8.89. The third-order valence-electron chi connectivity index (χ3n) is 4.72. The normalized spacial score (nSPS) is 18.1. The highest BCUT2D eigenvalue weighted by Crippen LogP contribution is 2.38. The molecule has 2 aromatic carbocycles. The Kier molecular flexibility index (Phi) is 5.56. The number of amides is 2. The summed E-state index contributed by atoms with van der Waals surface area (Å²) in [5.41, 5.74) is 2.44. The largest absolute Gasteiger partial charge is 0.497 e. The van der Waals surface area contributed by atoms with Gasteiger partial charge in [-0.1, -0.05) is 19.1 Å². The average Bonchev–Trinajstić information content (AvgIpc) is 3.40.